The second kappa shape index (κ2) is 1.69. The normalized spacial score (nSPS) is 45.4. The summed E-state index contributed by atoms with van der Waals surface area (Å²) in [6.45, 7) is 4.98. The van der Waals surface area contributed by atoms with Gasteiger partial charge in [0.15, 0.2) is 22.8 Å². The lowest BCUT2D eigenvalue weighted by Crippen LogP contribution is -2.39. The maximum atomic E-state index is 11.5. The Morgan fingerprint density at radius 3 is 2.42 bits per heavy atom. The number of carbonyl (C=O) groups excluding carboxylic acids is 2. The Morgan fingerprint density at radius 2 is 1.83 bits per heavy atom. The number of epoxide rings is 1. The van der Waals surface area contributed by atoms with E-state index in [2.05, 4.69) is 0 Å². The summed E-state index contributed by atoms with van der Waals surface area (Å²) >= 11 is 0. The van der Waals surface area contributed by atoms with Crippen LogP contribution in [0.15, 0.2) is 11.6 Å². The number of ether oxygens (including phenoxy) is 1. The molecule has 3 heteroatoms. The van der Waals surface area contributed by atoms with E-state index in [9.17, 15) is 9.59 Å². The molecular formula is C9H10O3. The molecule has 1 heterocycles. The van der Waals surface area contributed by atoms with E-state index in [-0.39, 0.29) is 11.6 Å². The Kier molecular flexibility index (Phi) is 1.08. The minimum atomic E-state index is -0.872. The van der Waals surface area contributed by atoms with Crippen molar-refractivity contribution in [2.24, 2.45) is 0 Å². The molecule has 0 N–H and O–H groups in total. The molecule has 1 fully saturated rings. The van der Waals surface area contributed by atoms with Crippen molar-refractivity contribution in [1.29, 1.82) is 0 Å². The quantitative estimate of drug-likeness (QED) is 0.496. The molecule has 2 atom stereocenters. The highest BCUT2D eigenvalue weighted by atomic mass is 16.6. The average molecular weight is 166 g/mol. The summed E-state index contributed by atoms with van der Waals surface area (Å²) in [6.07, 6.45) is 1.37. The minimum Gasteiger partial charge on any atom is -0.346 e. The summed E-state index contributed by atoms with van der Waals surface area (Å²) in [5.41, 5.74) is -1.25. The fourth-order valence-corrected chi connectivity index (χ4v) is 1.71. The molecule has 2 aliphatic rings. The van der Waals surface area contributed by atoms with Crippen LogP contribution < -0.4 is 0 Å². The number of Topliss-reactive ketones (excluding diaryl/α,β-unsaturated/α-hetero) is 1. The van der Waals surface area contributed by atoms with Crippen molar-refractivity contribution in [2.45, 2.75) is 32.0 Å². The lowest BCUT2D eigenvalue weighted by Gasteiger charge is -2.14. The fourth-order valence-electron chi connectivity index (χ4n) is 1.71. The van der Waals surface area contributed by atoms with Crippen LogP contribution in [0, 0.1) is 0 Å². The van der Waals surface area contributed by atoms with Crippen LogP contribution in [0.3, 0.4) is 0 Å². The van der Waals surface area contributed by atoms with Gasteiger partial charge in [-0.05, 0) is 32.4 Å². The number of hydrogen-bond donors (Lipinski definition) is 0. The van der Waals surface area contributed by atoms with Gasteiger partial charge in [-0.25, -0.2) is 0 Å². The first-order valence-electron chi connectivity index (χ1n) is 3.89. The Morgan fingerprint density at radius 1 is 1.25 bits per heavy atom. The summed E-state index contributed by atoms with van der Waals surface area (Å²) in [5, 5.41) is 0. The van der Waals surface area contributed by atoms with Crippen LogP contribution in [0.1, 0.15) is 20.8 Å². The van der Waals surface area contributed by atoms with Gasteiger partial charge in [0.1, 0.15) is 0 Å². The predicted octanol–water partition coefficient (Wildman–Crippen LogP) is 0.632. The molecule has 0 unspecified atom stereocenters. The highest BCUT2D eigenvalue weighted by Crippen LogP contribution is 2.52. The third-order valence-corrected chi connectivity index (χ3v) is 2.89. The molecule has 3 nitrogen and oxygen atoms in total. The number of fused-ring (bicyclic) bond motifs is 1. The van der Waals surface area contributed by atoms with E-state index in [4.69, 9.17) is 4.74 Å². The molecule has 64 valence electrons. The van der Waals surface area contributed by atoms with Crippen LogP contribution in [0.2, 0.25) is 0 Å². The maximum Gasteiger partial charge on any atom is 0.193 e. The first-order valence-corrected chi connectivity index (χ1v) is 3.89. The van der Waals surface area contributed by atoms with Gasteiger partial charge in [-0.1, -0.05) is 0 Å². The van der Waals surface area contributed by atoms with Crippen molar-refractivity contribution in [3.63, 3.8) is 0 Å². The molecule has 0 aromatic heterocycles. The zero-order chi connectivity index (χ0) is 9.15. The SMILES string of the molecule is CC1=CC(=O)[C@@]2(C)O[C@]2(C)C1=O. The van der Waals surface area contributed by atoms with E-state index in [1.807, 2.05) is 0 Å². The van der Waals surface area contributed by atoms with Crippen LogP contribution in [-0.4, -0.2) is 22.8 Å². The number of ketones is 2. The highest BCUT2D eigenvalue weighted by molar-refractivity contribution is 6.20. The van der Waals surface area contributed by atoms with E-state index in [0.29, 0.717) is 5.57 Å². The minimum absolute atomic E-state index is 0.0652. The first-order chi connectivity index (χ1) is 5.42. The summed E-state index contributed by atoms with van der Waals surface area (Å²) < 4.78 is 5.20. The second-order valence-corrected chi connectivity index (χ2v) is 3.69. The van der Waals surface area contributed by atoms with Gasteiger partial charge < -0.3 is 4.74 Å². The molecule has 0 saturated carbocycles. The molecule has 1 aliphatic carbocycles. The van der Waals surface area contributed by atoms with Crippen molar-refractivity contribution >= 4 is 11.6 Å². The van der Waals surface area contributed by atoms with Gasteiger partial charge >= 0.3 is 0 Å². The Bertz CT molecular complexity index is 329. The molecule has 0 bridgehead atoms. The Balaban J connectivity index is 2.54. The molecule has 0 aromatic carbocycles. The zero-order valence-electron chi connectivity index (χ0n) is 7.30. The molecule has 2 rings (SSSR count). The number of hydrogen-bond acceptors (Lipinski definition) is 3. The van der Waals surface area contributed by atoms with Gasteiger partial charge in [-0.2, -0.15) is 0 Å². The van der Waals surface area contributed by atoms with E-state index in [0.717, 1.165) is 0 Å². The Hall–Kier alpha value is -0.960. The topological polar surface area (TPSA) is 46.7 Å². The van der Waals surface area contributed by atoms with Gasteiger partial charge in [0, 0.05) is 0 Å². The summed E-state index contributed by atoms with van der Waals surface area (Å²) in [6, 6.07) is 0. The van der Waals surface area contributed by atoms with E-state index < -0.39 is 11.2 Å². The van der Waals surface area contributed by atoms with Crippen LogP contribution in [0.25, 0.3) is 0 Å². The maximum absolute atomic E-state index is 11.5. The molecule has 12 heavy (non-hydrogen) atoms. The average Bonchev–Trinajstić information content (AvgIpc) is 2.55. The lowest BCUT2D eigenvalue weighted by atomic mass is 9.81. The molecule has 0 radical (unpaired) electrons. The molecule has 0 aromatic rings. The third-order valence-electron chi connectivity index (χ3n) is 2.89. The van der Waals surface area contributed by atoms with Crippen LogP contribution >= 0.6 is 0 Å². The monoisotopic (exact) mass is 166 g/mol. The summed E-state index contributed by atoms with van der Waals surface area (Å²) in [4.78, 5) is 22.9. The Labute approximate surface area is 70.4 Å². The van der Waals surface area contributed by atoms with Gasteiger partial charge in [0.25, 0.3) is 0 Å². The molecule has 0 amide bonds. The van der Waals surface area contributed by atoms with E-state index in [1.54, 1.807) is 20.8 Å². The van der Waals surface area contributed by atoms with Gasteiger partial charge in [0.05, 0.1) is 0 Å². The van der Waals surface area contributed by atoms with Crippen LogP contribution in [0.5, 0.6) is 0 Å². The van der Waals surface area contributed by atoms with E-state index in [1.165, 1.54) is 6.08 Å². The molecule has 1 saturated heterocycles. The van der Waals surface area contributed by atoms with Crippen molar-refractivity contribution in [2.75, 3.05) is 0 Å². The zero-order valence-corrected chi connectivity index (χ0v) is 7.30. The summed E-state index contributed by atoms with van der Waals surface area (Å²) in [5.74, 6) is -0.160. The van der Waals surface area contributed by atoms with Crippen molar-refractivity contribution in [3.8, 4) is 0 Å². The second-order valence-electron chi connectivity index (χ2n) is 3.69. The molecule has 0 spiro atoms. The van der Waals surface area contributed by atoms with E-state index >= 15 is 0 Å². The lowest BCUT2D eigenvalue weighted by molar-refractivity contribution is -0.123. The number of carbonyl (C=O) groups is 2. The van der Waals surface area contributed by atoms with Crippen molar-refractivity contribution in [1.82, 2.24) is 0 Å². The molecule has 1 aliphatic heterocycles. The highest BCUT2D eigenvalue weighted by Gasteiger charge is 2.73. The largest absolute Gasteiger partial charge is 0.346 e. The smallest absolute Gasteiger partial charge is 0.193 e. The fraction of sp³-hybridized carbons (Fsp3) is 0.556. The van der Waals surface area contributed by atoms with Crippen molar-refractivity contribution in [3.05, 3.63) is 11.6 Å². The van der Waals surface area contributed by atoms with Crippen molar-refractivity contribution < 1.29 is 14.3 Å². The van der Waals surface area contributed by atoms with Crippen LogP contribution in [0.4, 0.5) is 0 Å². The van der Waals surface area contributed by atoms with Gasteiger partial charge in [0.2, 0.25) is 0 Å². The van der Waals surface area contributed by atoms with Gasteiger partial charge in [-0.15, -0.1) is 0 Å². The molecular weight excluding hydrogens is 156 g/mol. The van der Waals surface area contributed by atoms with Gasteiger partial charge in [-0.3, -0.25) is 9.59 Å². The predicted molar refractivity (Wildman–Crippen MR) is 41.7 cm³/mol. The van der Waals surface area contributed by atoms with Crippen LogP contribution in [-0.2, 0) is 14.3 Å². The number of rotatable bonds is 0. The standard InChI is InChI=1S/C9H10O3/c1-5-4-6(10)8(2)9(3,12-8)7(5)11/h4H,1-3H3/t8-,9-/m1/s1. The third kappa shape index (κ3) is 0.569. The first kappa shape index (κ1) is 7.68. The summed E-state index contributed by atoms with van der Waals surface area (Å²) in [7, 11) is 0.